The smallest absolute Gasteiger partial charge is 0.354 e. The Hall–Kier alpha value is -2.25. The molecule has 1 aromatic carbocycles. The number of carboxylic acid groups (broad SMARTS) is 1. The van der Waals surface area contributed by atoms with E-state index in [0.717, 1.165) is 4.68 Å². The fourth-order valence-corrected chi connectivity index (χ4v) is 2.32. The number of nitrogens with one attached hydrogen (secondary N) is 1. The molecule has 0 spiro atoms. The monoisotopic (exact) mass is 357 g/mol. The number of rotatable bonds is 5. The molecule has 0 saturated heterocycles. The number of ether oxygens (including phenoxy) is 1. The molecule has 2 aromatic rings. The Bertz CT molecular complexity index is 740. The second-order valence-electron chi connectivity index (χ2n) is 4.70. The zero-order chi connectivity index (χ0) is 17.1. The van der Waals surface area contributed by atoms with Crippen molar-refractivity contribution in [3.8, 4) is 5.75 Å². The van der Waals surface area contributed by atoms with Crippen LogP contribution in [0.1, 0.15) is 17.4 Å². The summed E-state index contributed by atoms with van der Waals surface area (Å²) in [6.45, 7) is 1.53. The van der Waals surface area contributed by atoms with Gasteiger partial charge in [0, 0.05) is 23.2 Å². The van der Waals surface area contributed by atoms with Crippen LogP contribution in [0.25, 0.3) is 0 Å². The topological polar surface area (TPSA) is 93.5 Å². The van der Waals surface area contributed by atoms with Crippen LogP contribution in [0.5, 0.6) is 5.75 Å². The average molecular weight is 358 g/mol. The molecule has 1 heterocycles. The van der Waals surface area contributed by atoms with Crippen molar-refractivity contribution >= 4 is 40.9 Å². The van der Waals surface area contributed by atoms with Gasteiger partial charge in [-0.05, 0) is 25.1 Å². The number of carbonyl (C=O) groups is 2. The van der Waals surface area contributed by atoms with Gasteiger partial charge >= 0.3 is 5.97 Å². The van der Waals surface area contributed by atoms with E-state index in [4.69, 9.17) is 33.0 Å². The van der Waals surface area contributed by atoms with E-state index in [2.05, 4.69) is 10.4 Å². The second-order valence-corrected chi connectivity index (χ2v) is 5.57. The highest BCUT2D eigenvalue weighted by atomic mass is 35.5. The van der Waals surface area contributed by atoms with E-state index in [1.54, 1.807) is 6.07 Å². The molecular formula is C14H13Cl2N3O4. The first-order chi connectivity index (χ1) is 10.8. The summed E-state index contributed by atoms with van der Waals surface area (Å²) in [4.78, 5) is 23.0. The fourth-order valence-electron chi connectivity index (χ4n) is 1.81. The number of aryl methyl sites for hydroxylation is 1. The van der Waals surface area contributed by atoms with Crippen molar-refractivity contribution in [2.75, 3.05) is 5.32 Å². The molecule has 2 N–H and O–H groups in total. The molecule has 23 heavy (non-hydrogen) atoms. The minimum Gasteiger partial charge on any atom is -0.481 e. The number of anilines is 1. The highest BCUT2D eigenvalue weighted by molar-refractivity contribution is 6.34. The van der Waals surface area contributed by atoms with E-state index >= 15 is 0 Å². The molecule has 0 bridgehead atoms. The number of carboxylic acids is 1. The minimum atomic E-state index is -1.14. The summed E-state index contributed by atoms with van der Waals surface area (Å²) in [5.74, 6) is -1.17. The number of aromatic nitrogens is 2. The first-order valence-corrected chi connectivity index (χ1v) is 7.23. The highest BCUT2D eigenvalue weighted by Crippen LogP contribution is 2.25. The Balaban J connectivity index is 2.05. The van der Waals surface area contributed by atoms with Crippen LogP contribution in [0, 0.1) is 0 Å². The predicted molar refractivity (Wildman–Crippen MR) is 85.3 cm³/mol. The number of benzene rings is 1. The lowest BCUT2D eigenvalue weighted by atomic mass is 10.3. The molecule has 122 valence electrons. The fraction of sp³-hybridized carbons (Fsp3) is 0.214. The van der Waals surface area contributed by atoms with Crippen molar-refractivity contribution in [3.05, 3.63) is 40.0 Å². The van der Waals surface area contributed by atoms with Crippen molar-refractivity contribution < 1.29 is 19.4 Å². The number of aromatic carboxylic acids is 1. The van der Waals surface area contributed by atoms with Gasteiger partial charge in [0.25, 0.3) is 5.91 Å². The van der Waals surface area contributed by atoms with Crippen molar-refractivity contribution in [2.24, 2.45) is 7.05 Å². The highest BCUT2D eigenvalue weighted by Gasteiger charge is 2.18. The van der Waals surface area contributed by atoms with E-state index in [1.807, 2.05) is 0 Å². The number of amides is 1. The maximum atomic E-state index is 12.1. The Morgan fingerprint density at radius 1 is 1.26 bits per heavy atom. The molecule has 9 heteroatoms. The summed E-state index contributed by atoms with van der Waals surface area (Å²) in [7, 11) is 1.47. The lowest BCUT2D eigenvalue weighted by molar-refractivity contribution is -0.122. The van der Waals surface area contributed by atoms with Gasteiger partial charge in [-0.15, -0.1) is 0 Å². The van der Waals surface area contributed by atoms with E-state index in [0.29, 0.717) is 15.8 Å². The van der Waals surface area contributed by atoms with Gasteiger partial charge in [-0.2, -0.15) is 5.10 Å². The quantitative estimate of drug-likeness (QED) is 0.857. The Labute approximate surface area is 141 Å². The maximum absolute atomic E-state index is 12.1. The van der Waals surface area contributed by atoms with E-state index < -0.39 is 18.0 Å². The molecule has 0 fully saturated rings. The third-order valence-electron chi connectivity index (χ3n) is 2.87. The molecular weight excluding hydrogens is 345 g/mol. The molecule has 0 aliphatic heterocycles. The number of carbonyl (C=O) groups excluding carboxylic acids is 1. The van der Waals surface area contributed by atoms with Crippen molar-refractivity contribution in [1.29, 1.82) is 0 Å². The second kappa shape index (κ2) is 6.89. The van der Waals surface area contributed by atoms with Crippen LogP contribution in [0.2, 0.25) is 10.0 Å². The van der Waals surface area contributed by atoms with Gasteiger partial charge in [0.15, 0.2) is 11.9 Å². The average Bonchev–Trinajstić information content (AvgIpc) is 2.78. The minimum absolute atomic E-state index is 0.0458. The predicted octanol–water partition coefficient (Wildman–Crippen LogP) is 2.83. The first-order valence-electron chi connectivity index (χ1n) is 6.47. The standard InChI is InChI=1S/C14H13Cl2N3O4/c1-7(23-10-4-8(15)3-9(16)5-10)13(20)17-12-6-11(14(21)22)19(2)18-12/h3-7H,1-2H3,(H,21,22)(H,17,18,20). The number of hydrogen-bond donors (Lipinski definition) is 2. The number of halogens is 2. The largest absolute Gasteiger partial charge is 0.481 e. The molecule has 1 atom stereocenters. The molecule has 0 saturated carbocycles. The summed E-state index contributed by atoms with van der Waals surface area (Å²) in [5, 5.41) is 16.1. The zero-order valence-electron chi connectivity index (χ0n) is 12.2. The van der Waals surface area contributed by atoms with Gasteiger partial charge < -0.3 is 15.2 Å². The van der Waals surface area contributed by atoms with Crippen molar-refractivity contribution in [3.63, 3.8) is 0 Å². The molecule has 1 amide bonds. The molecule has 7 nitrogen and oxygen atoms in total. The van der Waals surface area contributed by atoms with E-state index in [9.17, 15) is 9.59 Å². The van der Waals surface area contributed by atoms with Crippen LogP contribution in [-0.4, -0.2) is 32.9 Å². The van der Waals surface area contributed by atoms with E-state index in [-0.39, 0.29) is 11.5 Å². The van der Waals surface area contributed by atoms with Crippen molar-refractivity contribution in [2.45, 2.75) is 13.0 Å². The van der Waals surface area contributed by atoms with Gasteiger partial charge in [0.1, 0.15) is 11.4 Å². The Morgan fingerprint density at radius 3 is 2.39 bits per heavy atom. The SMILES string of the molecule is CC(Oc1cc(Cl)cc(Cl)c1)C(=O)Nc1cc(C(=O)O)n(C)n1. The molecule has 1 unspecified atom stereocenters. The van der Waals surface area contributed by atoms with Gasteiger partial charge in [-0.3, -0.25) is 9.48 Å². The van der Waals surface area contributed by atoms with Crippen molar-refractivity contribution in [1.82, 2.24) is 9.78 Å². The molecule has 0 aliphatic carbocycles. The van der Waals surface area contributed by atoms with Gasteiger partial charge in [0.05, 0.1) is 0 Å². The Morgan fingerprint density at radius 2 is 1.87 bits per heavy atom. The van der Waals surface area contributed by atoms with Crippen LogP contribution in [0.3, 0.4) is 0 Å². The Kier molecular flexibility index (Phi) is 5.12. The maximum Gasteiger partial charge on any atom is 0.354 e. The van der Waals surface area contributed by atoms with Crippen LogP contribution in [0.4, 0.5) is 5.82 Å². The third kappa shape index (κ3) is 4.37. The summed E-state index contributed by atoms with van der Waals surface area (Å²) in [6, 6.07) is 5.85. The molecule has 2 rings (SSSR count). The molecule has 0 radical (unpaired) electrons. The number of hydrogen-bond acceptors (Lipinski definition) is 4. The van der Waals surface area contributed by atoms with E-state index in [1.165, 1.54) is 32.2 Å². The zero-order valence-corrected chi connectivity index (χ0v) is 13.7. The third-order valence-corrected chi connectivity index (χ3v) is 3.30. The molecule has 1 aromatic heterocycles. The summed E-state index contributed by atoms with van der Waals surface area (Å²) in [5.41, 5.74) is -0.0458. The first kappa shape index (κ1) is 17.1. The van der Waals surface area contributed by atoms with Crippen LogP contribution in [-0.2, 0) is 11.8 Å². The van der Waals surface area contributed by atoms with Gasteiger partial charge in [-0.25, -0.2) is 4.79 Å². The molecule has 0 aliphatic rings. The lowest BCUT2D eigenvalue weighted by Gasteiger charge is -2.14. The van der Waals surface area contributed by atoms with Gasteiger partial charge in [-0.1, -0.05) is 23.2 Å². The van der Waals surface area contributed by atoms with Crippen LogP contribution < -0.4 is 10.1 Å². The van der Waals surface area contributed by atoms with Crippen LogP contribution >= 0.6 is 23.2 Å². The number of nitrogens with zero attached hydrogens (tertiary/aromatic N) is 2. The summed E-state index contributed by atoms with van der Waals surface area (Å²) >= 11 is 11.7. The summed E-state index contributed by atoms with van der Waals surface area (Å²) < 4.78 is 6.62. The normalized spacial score (nSPS) is 11.8. The summed E-state index contributed by atoms with van der Waals surface area (Å²) in [6.07, 6.45) is -0.861. The lowest BCUT2D eigenvalue weighted by Crippen LogP contribution is -2.30. The van der Waals surface area contributed by atoms with Crippen LogP contribution in [0.15, 0.2) is 24.3 Å². The van der Waals surface area contributed by atoms with Gasteiger partial charge in [0.2, 0.25) is 0 Å².